The Morgan fingerprint density at radius 3 is 2.16 bits per heavy atom. The summed E-state index contributed by atoms with van der Waals surface area (Å²) in [6.07, 6.45) is 5.90. The Morgan fingerprint density at radius 2 is 1.53 bits per heavy atom. The van der Waals surface area contributed by atoms with Gasteiger partial charge < -0.3 is 28.8 Å². The molecule has 0 aliphatic rings. The van der Waals surface area contributed by atoms with Gasteiger partial charge in [0.25, 0.3) is 0 Å². The van der Waals surface area contributed by atoms with Crippen molar-refractivity contribution in [2.24, 2.45) is 7.05 Å². The molecule has 0 aliphatic heterocycles. The number of para-hydroxylation sites is 1. The first-order valence-corrected chi connectivity index (χ1v) is 12.1. The average molecular weight is 519 g/mol. The summed E-state index contributed by atoms with van der Waals surface area (Å²) in [6.45, 7) is 0. The lowest BCUT2D eigenvalue weighted by Crippen LogP contribution is -2.02. The normalized spacial score (nSPS) is 11.1. The van der Waals surface area contributed by atoms with Gasteiger partial charge in [0.05, 0.1) is 34.1 Å². The lowest BCUT2D eigenvalue weighted by molar-refractivity contribution is 0.104. The zero-order valence-electron chi connectivity index (χ0n) is 22.1. The molecule has 4 rings (SSSR count). The molecule has 1 aromatic heterocycles. The maximum absolute atomic E-state index is 14.9. The number of hydrogen-bond acceptors (Lipinski definition) is 6. The number of carbonyl (C=O) groups is 1. The van der Waals surface area contributed by atoms with Gasteiger partial charge in [-0.1, -0.05) is 18.2 Å². The first-order valence-electron chi connectivity index (χ1n) is 12.1. The van der Waals surface area contributed by atoms with E-state index in [-0.39, 0.29) is 11.5 Å². The van der Waals surface area contributed by atoms with Crippen LogP contribution < -0.4 is 24.3 Å². The van der Waals surface area contributed by atoms with Crippen LogP contribution in [0.3, 0.4) is 0 Å². The summed E-state index contributed by atoms with van der Waals surface area (Å²) in [6, 6.07) is 14.7. The molecule has 0 bridgehead atoms. The number of carbonyl (C=O) groups excluding carboxylic acids is 1. The van der Waals surface area contributed by atoms with Crippen molar-refractivity contribution in [3.8, 4) is 23.0 Å². The fourth-order valence-corrected chi connectivity index (χ4v) is 4.51. The Bertz CT molecular complexity index is 1470. The molecule has 0 amide bonds. The van der Waals surface area contributed by atoms with Gasteiger partial charge in [-0.25, -0.2) is 4.39 Å². The number of aromatic nitrogens is 1. The van der Waals surface area contributed by atoms with Crippen LogP contribution in [0.25, 0.3) is 10.9 Å². The van der Waals surface area contributed by atoms with Crippen LogP contribution in [0.2, 0.25) is 0 Å². The van der Waals surface area contributed by atoms with E-state index in [2.05, 4.69) is 5.32 Å². The second-order valence-corrected chi connectivity index (χ2v) is 8.70. The van der Waals surface area contributed by atoms with Crippen molar-refractivity contribution in [3.63, 3.8) is 0 Å². The van der Waals surface area contributed by atoms with E-state index in [0.717, 1.165) is 22.0 Å². The highest BCUT2D eigenvalue weighted by Crippen LogP contribution is 2.38. The summed E-state index contributed by atoms with van der Waals surface area (Å²) in [4.78, 5) is 12.9. The highest BCUT2D eigenvalue weighted by Gasteiger charge is 2.15. The van der Waals surface area contributed by atoms with Gasteiger partial charge in [-0.05, 0) is 54.3 Å². The maximum Gasteiger partial charge on any atom is 0.203 e. The number of anilines is 1. The number of hydrogen-bond donors (Lipinski definition) is 1. The van der Waals surface area contributed by atoms with Crippen molar-refractivity contribution in [1.29, 1.82) is 0 Å². The molecule has 1 heterocycles. The number of halogens is 1. The summed E-state index contributed by atoms with van der Waals surface area (Å²) in [5.41, 5.74) is 3.70. The zero-order chi connectivity index (χ0) is 27.2. The number of aryl methyl sites for hydroxylation is 3. The van der Waals surface area contributed by atoms with Crippen molar-refractivity contribution in [2.45, 2.75) is 12.8 Å². The van der Waals surface area contributed by atoms with Gasteiger partial charge in [0, 0.05) is 42.0 Å². The van der Waals surface area contributed by atoms with E-state index < -0.39 is 5.82 Å². The van der Waals surface area contributed by atoms with Crippen molar-refractivity contribution < 1.29 is 28.1 Å². The summed E-state index contributed by atoms with van der Waals surface area (Å²) in [7, 11) is 7.99. The van der Waals surface area contributed by atoms with Gasteiger partial charge in [-0.3, -0.25) is 4.79 Å². The van der Waals surface area contributed by atoms with Gasteiger partial charge in [0.15, 0.2) is 28.8 Å². The predicted octanol–water partition coefficient (Wildman–Crippen LogP) is 5.95. The van der Waals surface area contributed by atoms with E-state index in [1.807, 2.05) is 54.1 Å². The van der Waals surface area contributed by atoms with Gasteiger partial charge in [-0.2, -0.15) is 0 Å². The summed E-state index contributed by atoms with van der Waals surface area (Å²) >= 11 is 0. The van der Waals surface area contributed by atoms with Crippen LogP contribution in [0.15, 0.2) is 67.0 Å². The van der Waals surface area contributed by atoms with E-state index in [9.17, 15) is 9.18 Å². The lowest BCUT2D eigenvalue weighted by Gasteiger charge is -2.15. The second kappa shape index (κ2) is 11.7. The zero-order valence-corrected chi connectivity index (χ0v) is 22.1. The van der Waals surface area contributed by atoms with Crippen molar-refractivity contribution >= 4 is 22.4 Å². The highest BCUT2D eigenvalue weighted by molar-refractivity contribution is 6.13. The Labute approximate surface area is 221 Å². The van der Waals surface area contributed by atoms with Gasteiger partial charge in [-0.15, -0.1) is 0 Å². The number of ether oxygens (including phenoxy) is 4. The number of benzene rings is 3. The summed E-state index contributed by atoms with van der Waals surface area (Å²) < 4.78 is 38.3. The third-order valence-corrected chi connectivity index (χ3v) is 6.37. The smallest absolute Gasteiger partial charge is 0.203 e. The van der Waals surface area contributed by atoms with Crippen LogP contribution in [0, 0.1) is 5.82 Å². The molecule has 0 atom stereocenters. The SMILES string of the molecule is COc1cc(CCc2cc(F)c(OC)c(N/C=C\C(=O)c3cn(C)c4ccccc34)c2)cc(OC)c1OC. The lowest BCUT2D eigenvalue weighted by atomic mass is 10.0. The molecule has 0 spiro atoms. The molecule has 38 heavy (non-hydrogen) atoms. The number of ketones is 1. The molecule has 4 aromatic rings. The standard InChI is InChI=1S/C30H31FN2O5/c1-33-18-22(21-8-6-7-9-25(21)33)26(34)12-13-32-24-15-19(14-23(31)29(24)37-4)10-11-20-16-27(35-2)30(38-5)28(17-20)36-3/h6-9,12-18,32H,10-11H2,1-5H3/b13-12-. The molecule has 3 aromatic carbocycles. The fraction of sp³-hybridized carbons (Fsp3) is 0.233. The van der Waals surface area contributed by atoms with Crippen LogP contribution in [0.5, 0.6) is 23.0 Å². The Balaban J connectivity index is 1.52. The van der Waals surface area contributed by atoms with E-state index >= 15 is 0 Å². The predicted molar refractivity (Wildman–Crippen MR) is 146 cm³/mol. The molecule has 198 valence electrons. The number of fused-ring (bicyclic) bond motifs is 1. The van der Waals surface area contributed by atoms with Crippen LogP contribution in [-0.2, 0) is 19.9 Å². The molecule has 0 fully saturated rings. The van der Waals surface area contributed by atoms with Crippen molar-refractivity contribution in [2.75, 3.05) is 33.8 Å². The van der Waals surface area contributed by atoms with Gasteiger partial charge >= 0.3 is 0 Å². The van der Waals surface area contributed by atoms with Crippen molar-refractivity contribution in [3.05, 3.63) is 89.5 Å². The number of nitrogens with zero attached hydrogens (tertiary/aromatic N) is 1. The summed E-state index contributed by atoms with van der Waals surface area (Å²) in [5, 5.41) is 3.90. The highest BCUT2D eigenvalue weighted by atomic mass is 19.1. The molecule has 0 saturated carbocycles. The Morgan fingerprint density at radius 1 is 0.895 bits per heavy atom. The van der Waals surface area contributed by atoms with E-state index in [0.29, 0.717) is 41.3 Å². The van der Waals surface area contributed by atoms with Crippen LogP contribution in [-0.4, -0.2) is 38.8 Å². The number of nitrogens with one attached hydrogen (secondary N) is 1. The quantitative estimate of drug-likeness (QED) is 0.196. The molecule has 1 N–H and O–H groups in total. The maximum atomic E-state index is 14.9. The monoisotopic (exact) mass is 518 g/mol. The number of allylic oxidation sites excluding steroid dienone is 1. The van der Waals surface area contributed by atoms with E-state index in [1.165, 1.54) is 25.5 Å². The molecular formula is C30H31FN2O5. The molecule has 0 radical (unpaired) electrons. The average Bonchev–Trinajstić information content (AvgIpc) is 3.27. The molecule has 0 saturated heterocycles. The molecule has 8 heteroatoms. The first kappa shape index (κ1) is 26.6. The van der Waals surface area contributed by atoms with Gasteiger partial charge in [0.2, 0.25) is 5.75 Å². The van der Waals surface area contributed by atoms with E-state index in [4.69, 9.17) is 18.9 Å². The van der Waals surface area contributed by atoms with Crippen LogP contribution in [0.4, 0.5) is 10.1 Å². The third kappa shape index (κ3) is 5.44. The van der Waals surface area contributed by atoms with Gasteiger partial charge in [0.1, 0.15) is 0 Å². The second-order valence-electron chi connectivity index (χ2n) is 8.70. The number of rotatable bonds is 11. The Hall–Kier alpha value is -4.46. The number of methoxy groups -OCH3 is 4. The largest absolute Gasteiger partial charge is 0.493 e. The Kier molecular flexibility index (Phi) is 8.21. The molecule has 7 nitrogen and oxygen atoms in total. The summed E-state index contributed by atoms with van der Waals surface area (Å²) in [5.74, 6) is 1.06. The fourth-order valence-electron chi connectivity index (χ4n) is 4.51. The molecule has 0 aliphatic carbocycles. The minimum absolute atomic E-state index is 0.0730. The minimum atomic E-state index is -0.494. The van der Waals surface area contributed by atoms with Crippen LogP contribution in [0.1, 0.15) is 21.5 Å². The minimum Gasteiger partial charge on any atom is -0.493 e. The topological polar surface area (TPSA) is 71.0 Å². The first-order chi connectivity index (χ1) is 18.4. The molecule has 0 unspecified atom stereocenters. The van der Waals surface area contributed by atoms with E-state index in [1.54, 1.807) is 27.5 Å². The van der Waals surface area contributed by atoms with Crippen molar-refractivity contribution in [1.82, 2.24) is 4.57 Å². The third-order valence-electron chi connectivity index (χ3n) is 6.37. The van der Waals surface area contributed by atoms with Crippen LogP contribution >= 0.6 is 0 Å². The molecular weight excluding hydrogens is 487 g/mol.